The van der Waals surface area contributed by atoms with Crippen LogP contribution in [-0.2, 0) is 11.3 Å². The van der Waals surface area contributed by atoms with Gasteiger partial charge in [-0.1, -0.05) is 23.2 Å². The Bertz CT molecular complexity index is 1150. The number of nitrogens with zero attached hydrogens (tertiary/aromatic N) is 4. The van der Waals surface area contributed by atoms with Crippen molar-refractivity contribution >= 4 is 34.9 Å². The molecule has 7 nitrogen and oxygen atoms in total. The van der Waals surface area contributed by atoms with E-state index in [-0.39, 0.29) is 25.4 Å². The van der Waals surface area contributed by atoms with E-state index >= 15 is 0 Å². The average Bonchev–Trinajstić information content (AvgIpc) is 3.19. The summed E-state index contributed by atoms with van der Waals surface area (Å²) < 4.78 is 31.9. The van der Waals surface area contributed by atoms with Crippen LogP contribution in [0, 0.1) is 0 Å². The highest BCUT2D eigenvalue weighted by atomic mass is 35.5. The van der Waals surface area contributed by atoms with Gasteiger partial charge in [0.1, 0.15) is 0 Å². The minimum absolute atomic E-state index is 0.0149. The van der Waals surface area contributed by atoms with Crippen LogP contribution in [0.2, 0.25) is 10.0 Å². The van der Waals surface area contributed by atoms with Gasteiger partial charge in [-0.15, -0.1) is 0 Å². The number of hydrogen-bond donors (Lipinski definition) is 2. The Balaban J connectivity index is 1.40. The van der Waals surface area contributed by atoms with Crippen molar-refractivity contribution in [2.45, 2.75) is 37.8 Å². The summed E-state index contributed by atoms with van der Waals surface area (Å²) in [4.78, 5) is 18.8. The number of aromatic nitrogens is 3. The first-order valence-electron chi connectivity index (χ1n) is 10.7. The number of hydrogen-bond acceptors (Lipinski definition) is 4. The fourth-order valence-corrected chi connectivity index (χ4v) is 4.68. The van der Waals surface area contributed by atoms with E-state index < -0.39 is 17.9 Å². The lowest BCUT2D eigenvalue weighted by molar-refractivity contribution is -0.904. The fraction of sp³-hybridized carbons (Fsp3) is 0.348. The summed E-state index contributed by atoms with van der Waals surface area (Å²) in [7, 11) is 0. The van der Waals surface area contributed by atoms with Gasteiger partial charge in [-0.05, 0) is 36.2 Å². The molecule has 1 amide bonds. The zero-order valence-corrected chi connectivity index (χ0v) is 19.8. The highest BCUT2D eigenvalue weighted by Gasteiger charge is 2.46. The molecule has 4 rings (SSSR count). The first-order valence-corrected chi connectivity index (χ1v) is 11.5. The van der Waals surface area contributed by atoms with Crippen LogP contribution in [0.5, 0.6) is 0 Å². The van der Waals surface area contributed by atoms with E-state index in [9.17, 15) is 18.8 Å². The van der Waals surface area contributed by atoms with Gasteiger partial charge in [0.2, 0.25) is 18.3 Å². The van der Waals surface area contributed by atoms with Crippen molar-refractivity contribution in [2.75, 3.05) is 18.4 Å². The van der Waals surface area contributed by atoms with Crippen LogP contribution in [0.4, 0.5) is 14.6 Å². The molecule has 1 saturated heterocycles. The highest BCUT2D eigenvalue weighted by molar-refractivity contribution is 6.34. The van der Waals surface area contributed by atoms with Gasteiger partial charge < -0.3 is 9.88 Å². The molecule has 2 aromatic heterocycles. The van der Waals surface area contributed by atoms with Crippen LogP contribution in [0.25, 0.3) is 0 Å². The average molecular weight is 511 g/mol. The molecule has 0 aliphatic carbocycles. The molecule has 0 bridgehead atoms. The molecule has 0 spiro atoms. The van der Waals surface area contributed by atoms with E-state index in [0.717, 1.165) is 10.3 Å². The van der Waals surface area contributed by atoms with Crippen LogP contribution < -0.4 is 10.0 Å². The monoisotopic (exact) mass is 510 g/mol. The molecule has 2 N–H and O–H groups in total. The zero-order chi connectivity index (χ0) is 24.5. The number of piperidine rings is 1. The Morgan fingerprint density at radius 2 is 1.97 bits per heavy atom. The number of halogens is 4. The maximum Gasteiger partial charge on any atom is 0.257 e. The molecule has 0 unspecified atom stereocenters. The van der Waals surface area contributed by atoms with Gasteiger partial charge in [-0.25, -0.2) is 13.8 Å². The molecule has 1 aliphatic rings. The first kappa shape index (κ1) is 24.4. The summed E-state index contributed by atoms with van der Waals surface area (Å²) in [6, 6.07) is 7.53. The molecular weight excluding hydrogens is 487 g/mol. The number of likely N-dealkylation sites (tertiary alicyclic amines) is 1. The molecule has 180 valence electrons. The summed E-state index contributed by atoms with van der Waals surface area (Å²) in [5.41, 5.74) is 1.29. The Hall–Kier alpha value is -2.75. The van der Waals surface area contributed by atoms with Crippen molar-refractivity contribution in [1.29, 1.82) is 0 Å². The molecule has 0 radical (unpaired) electrons. The second-order valence-electron chi connectivity index (χ2n) is 8.44. The second kappa shape index (κ2) is 9.85. The lowest BCUT2D eigenvalue weighted by Gasteiger charge is -2.40. The van der Waals surface area contributed by atoms with E-state index in [4.69, 9.17) is 23.2 Å². The zero-order valence-electron chi connectivity index (χ0n) is 18.3. The van der Waals surface area contributed by atoms with Gasteiger partial charge >= 0.3 is 0 Å². The van der Waals surface area contributed by atoms with Gasteiger partial charge in [0, 0.05) is 59.2 Å². The first-order chi connectivity index (χ1) is 16.1. The third kappa shape index (κ3) is 5.65. The number of imidazole rings is 1. The number of rotatable bonds is 6. The number of carbonyl (C=O) groups excluding carboxylic acids is 1. The summed E-state index contributed by atoms with van der Waals surface area (Å²) in [5.74, 6) is -3.96. The quantitative estimate of drug-likeness (QED) is 0.384. The highest BCUT2D eigenvalue weighted by Crippen LogP contribution is 2.40. The van der Waals surface area contributed by atoms with E-state index in [1.54, 1.807) is 47.1 Å². The minimum Gasteiger partial charge on any atom is -0.331 e. The van der Waals surface area contributed by atoms with Gasteiger partial charge in [0.05, 0.1) is 18.3 Å². The lowest BCUT2D eigenvalue weighted by atomic mass is 9.87. The topological polar surface area (TPSA) is 74.3 Å². The molecule has 1 aliphatic heterocycles. The molecule has 11 heteroatoms. The SMILES string of the molecule is C[C@@H](C(=O)Nc1cn(Cc2cc(Cl)cc(Cl)c2)cn1)N1CCC(F)(F)[C@@H](c2cc[n+](O)cc2)C1. The molecule has 1 fully saturated rings. The number of anilines is 1. The predicted octanol–water partition coefficient (Wildman–Crippen LogP) is 4.21. The molecule has 3 heterocycles. The van der Waals surface area contributed by atoms with Gasteiger partial charge in [-0.2, -0.15) is 0 Å². The summed E-state index contributed by atoms with van der Waals surface area (Å²) in [6.07, 6.45) is 5.53. The largest absolute Gasteiger partial charge is 0.331 e. The molecular formula is C23H24Cl2F2N5O2+. The Kier molecular flexibility index (Phi) is 7.06. The Morgan fingerprint density at radius 3 is 2.65 bits per heavy atom. The number of pyridine rings is 1. The van der Waals surface area contributed by atoms with Crippen LogP contribution in [0.3, 0.4) is 0 Å². The van der Waals surface area contributed by atoms with E-state index in [0.29, 0.717) is 28.0 Å². The van der Waals surface area contributed by atoms with Crippen molar-refractivity contribution in [3.05, 3.63) is 76.4 Å². The number of amides is 1. The molecule has 0 saturated carbocycles. The third-order valence-electron chi connectivity index (χ3n) is 6.00. The van der Waals surface area contributed by atoms with Crippen molar-refractivity contribution in [1.82, 2.24) is 14.5 Å². The second-order valence-corrected chi connectivity index (χ2v) is 9.32. The molecule has 34 heavy (non-hydrogen) atoms. The normalized spacial score (nSPS) is 19.0. The van der Waals surface area contributed by atoms with Crippen LogP contribution >= 0.6 is 23.2 Å². The van der Waals surface area contributed by atoms with Crippen molar-refractivity contribution in [3.8, 4) is 0 Å². The molecule has 3 aromatic rings. The predicted molar refractivity (Wildman–Crippen MR) is 124 cm³/mol. The lowest BCUT2D eigenvalue weighted by Crippen LogP contribution is -2.52. The maximum atomic E-state index is 14.6. The molecule has 1 aromatic carbocycles. The van der Waals surface area contributed by atoms with Crippen molar-refractivity contribution in [3.63, 3.8) is 0 Å². The molecule has 2 atom stereocenters. The number of alkyl halides is 2. The van der Waals surface area contributed by atoms with E-state index in [1.165, 1.54) is 24.5 Å². The van der Waals surface area contributed by atoms with Gasteiger partial charge in [-0.3, -0.25) is 14.9 Å². The van der Waals surface area contributed by atoms with Gasteiger partial charge in [0.25, 0.3) is 5.92 Å². The Labute approximate surface area is 205 Å². The smallest absolute Gasteiger partial charge is 0.257 e. The summed E-state index contributed by atoms with van der Waals surface area (Å²) in [5, 5.41) is 13.2. The van der Waals surface area contributed by atoms with Crippen molar-refractivity contribution < 1.29 is 23.5 Å². The van der Waals surface area contributed by atoms with Crippen LogP contribution in [0.15, 0.2) is 55.2 Å². The van der Waals surface area contributed by atoms with E-state index in [1.807, 2.05) is 0 Å². The summed E-state index contributed by atoms with van der Waals surface area (Å²) in [6.45, 7) is 2.26. The van der Waals surface area contributed by atoms with Crippen LogP contribution in [-0.4, -0.2) is 50.6 Å². The fourth-order valence-electron chi connectivity index (χ4n) is 4.11. The minimum atomic E-state index is -2.91. The number of benzene rings is 1. The summed E-state index contributed by atoms with van der Waals surface area (Å²) >= 11 is 12.1. The van der Waals surface area contributed by atoms with Crippen LogP contribution in [0.1, 0.15) is 30.4 Å². The van der Waals surface area contributed by atoms with Crippen molar-refractivity contribution in [2.24, 2.45) is 0 Å². The van der Waals surface area contributed by atoms with Gasteiger partial charge in [0.15, 0.2) is 5.82 Å². The number of carbonyl (C=O) groups is 1. The third-order valence-corrected chi connectivity index (χ3v) is 6.44. The van der Waals surface area contributed by atoms with E-state index in [2.05, 4.69) is 10.3 Å². The number of nitrogens with one attached hydrogen (secondary N) is 1. The standard InChI is InChI=1S/C23H23Cl2F2N5O2/c1-15(31-7-4-23(26,27)20(12-31)17-2-5-32(34)6-3-17)22(33)29-21-13-30(14-28-21)11-16-8-18(24)10-19(25)9-16/h2-3,5-6,8-10,13-15,20H,4,7,11-12H2,1H3,(H-,29,33,34)/p+1/t15-,20+/m0/s1. The Morgan fingerprint density at radius 1 is 1.29 bits per heavy atom. The maximum absolute atomic E-state index is 14.6.